The molecule has 1 fully saturated rings. The van der Waals surface area contributed by atoms with E-state index in [-0.39, 0.29) is 17.1 Å². The molecule has 0 aliphatic heterocycles. The second-order valence-corrected chi connectivity index (χ2v) is 7.51. The smallest absolute Gasteiger partial charge is 0.252 e. The monoisotopic (exact) mass is 322 g/mol. The van der Waals surface area contributed by atoms with Gasteiger partial charge in [-0.3, -0.25) is 4.79 Å². The Balaban J connectivity index is 2.00. The Morgan fingerprint density at radius 2 is 1.95 bits per heavy atom. The Hall–Kier alpha value is -1.23. The van der Waals surface area contributed by atoms with E-state index in [1.165, 1.54) is 43.6 Å². The van der Waals surface area contributed by atoms with Crippen LogP contribution in [0.3, 0.4) is 0 Å². The molecule has 0 radical (unpaired) electrons. The van der Waals surface area contributed by atoms with Crippen LogP contribution in [-0.4, -0.2) is 17.2 Å². The number of carbonyl (C=O) groups is 1. The lowest BCUT2D eigenvalue weighted by atomic mass is 10.1. The Labute approximate surface area is 137 Å². The topological polar surface area (TPSA) is 56.0 Å². The van der Waals surface area contributed by atoms with Crippen molar-refractivity contribution >= 4 is 17.7 Å². The summed E-state index contributed by atoms with van der Waals surface area (Å²) in [5, 5.41) is 15.4. The molecule has 1 unspecified atom stereocenters. The van der Waals surface area contributed by atoms with E-state index in [0.717, 1.165) is 17.6 Å². The molecule has 2 rings (SSSR count). The molecular formula is C17H26N2O2S. The molecule has 1 atom stereocenters. The molecule has 1 saturated carbocycles. The number of carbonyl (C=O) groups excluding carboxylic acids is 1. The van der Waals surface area contributed by atoms with Gasteiger partial charge in [-0.1, -0.05) is 39.5 Å². The normalized spacial score (nSPS) is 18.0. The van der Waals surface area contributed by atoms with Crippen molar-refractivity contribution in [3.05, 3.63) is 29.6 Å². The van der Waals surface area contributed by atoms with E-state index in [1.54, 1.807) is 12.1 Å². The maximum Gasteiger partial charge on any atom is 0.252 e. The molecule has 122 valence electrons. The number of rotatable bonds is 5. The number of nitrogens with one attached hydrogen (secondary N) is 1. The predicted molar refractivity (Wildman–Crippen MR) is 89.5 cm³/mol. The molecule has 22 heavy (non-hydrogen) atoms. The van der Waals surface area contributed by atoms with E-state index in [1.807, 2.05) is 19.9 Å². The maximum atomic E-state index is 12.6. The Morgan fingerprint density at radius 3 is 2.55 bits per heavy atom. The zero-order valence-corrected chi connectivity index (χ0v) is 14.3. The fraction of sp³-hybridized carbons (Fsp3) is 0.647. The summed E-state index contributed by atoms with van der Waals surface area (Å²) in [5.74, 6) is 0.242. The Bertz CT molecular complexity index is 485. The fourth-order valence-corrected chi connectivity index (χ4v) is 3.86. The molecule has 1 heterocycles. The average molecular weight is 322 g/mol. The lowest BCUT2D eigenvalue weighted by Gasteiger charge is -2.23. The van der Waals surface area contributed by atoms with Gasteiger partial charge in [-0.25, -0.2) is 0 Å². The first-order chi connectivity index (χ1) is 10.6. The molecule has 0 aromatic carbocycles. The summed E-state index contributed by atoms with van der Waals surface area (Å²) in [6, 6.07) is 5.60. The van der Waals surface area contributed by atoms with Crippen molar-refractivity contribution in [1.82, 2.24) is 5.32 Å². The van der Waals surface area contributed by atoms with Gasteiger partial charge in [0.1, 0.15) is 0 Å². The van der Waals surface area contributed by atoms with Gasteiger partial charge < -0.3 is 10.5 Å². The van der Waals surface area contributed by atoms with Crippen molar-refractivity contribution in [2.24, 2.45) is 5.92 Å². The number of amides is 1. The van der Waals surface area contributed by atoms with Crippen LogP contribution in [0.25, 0.3) is 0 Å². The van der Waals surface area contributed by atoms with Crippen molar-refractivity contribution in [2.45, 2.75) is 68.7 Å². The van der Waals surface area contributed by atoms with E-state index in [9.17, 15) is 10.0 Å². The van der Waals surface area contributed by atoms with Crippen molar-refractivity contribution in [1.29, 1.82) is 0 Å². The van der Waals surface area contributed by atoms with Gasteiger partial charge in [0.2, 0.25) is 5.91 Å². The second-order valence-electron chi connectivity index (χ2n) is 6.34. The molecular weight excluding hydrogens is 296 g/mol. The SMILES string of the molecule is CC(C)C(Sc1cccc[n+]1[O-])C(=O)NC1CCCCCC1. The van der Waals surface area contributed by atoms with Gasteiger partial charge in [0.05, 0.1) is 5.25 Å². The van der Waals surface area contributed by atoms with Crippen LogP contribution < -0.4 is 10.0 Å². The highest BCUT2D eigenvalue weighted by Crippen LogP contribution is 2.26. The van der Waals surface area contributed by atoms with Gasteiger partial charge in [0.25, 0.3) is 5.03 Å². The zero-order valence-electron chi connectivity index (χ0n) is 13.5. The van der Waals surface area contributed by atoms with Crippen LogP contribution in [0.4, 0.5) is 0 Å². The molecule has 1 amide bonds. The molecule has 1 aliphatic rings. The first-order valence-corrected chi connectivity index (χ1v) is 9.11. The Kier molecular flexibility index (Phi) is 6.55. The summed E-state index contributed by atoms with van der Waals surface area (Å²) in [6.45, 7) is 4.06. The van der Waals surface area contributed by atoms with E-state index in [4.69, 9.17) is 0 Å². The molecule has 4 nitrogen and oxygen atoms in total. The van der Waals surface area contributed by atoms with Crippen LogP contribution in [0.15, 0.2) is 29.4 Å². The van der Waals surface area contributed by atoms with Crippen molar-refractivity contribution in [3.63, 3.8) is 0 Å². The third kappa shape index (κ3) is 4.90. The lowest BCUT2D eigenvalue weighted by Crippen LogP contribution is -2.42. The highest BCUT2D eigenvalue weighted by molar-refractivity contribution is 8.00. The van der Waals surface area contributed by atoms with E-state index >= 15 is 0 Å². The number of aromatic nitrogens is 1. The Morgan fingerprint density at radius 1 is 1.27 bits per heavy atom. The maximum absolute atomic E-state index is 12.6. The van der Waals surface area contributed by atoms with Gasteiger partial charge in [0, 0.05) is 18.2 Å². The first-order valence-electron chi connectivity index (χ1n) is 8.23. The number of hydrogen-bond acceptors (Lipinski definition) is 3. The minimum absolute atomic E-state index is 0.0655. The fourth-order valence-electron chi connectivity index (χ4n) is 2.83. The summed E-state index contributed by atoms with van der Waals surface area (Å²) in [6.07, 6.45) is 8.57. The second kappa shape index (κ2) is 8.42. The standard InChI is InChI=1S/C17H26N2O2S/c1-13(2)16(22-15-11-7-8-12-19(15)21)17(20)18-14-9-5-3-4-6-10-14/h7-8,11-14,16H,3-6,9-10H2,1-2H3,(H,18,20). The van der Waals surface area contributed by atoms with Gasteiger partial charge >= 0.3 is 0 Å². The number of pyridine rings is 1. The van der Waals surface area contributed by atoms with Crippen LogP contribution in [0.5, 0.6) is 0 Å². The molecule has 0 saturated heterocycles. The quantitative estimate of drug-likeness (QED) is 0.392. The highest BCUT2D eigenvalue weighted by atomic mass is 32.2. The van der Waals surface area contributed by atoms with Crippen LogP contribution in [0.2, 0.25) is 0 Å². The average Bonchev–Trinajstić information content (AvgIpc) is 2.74. The van der Waals surface area contributed by atoms with E-state index in [0.29, 0.717) is 11.1 Å². The predicted octanol–water partition coefficient (Wildman–Crippen LogP) is 3.28. The third-order valence-corrected chi connectivity index (χ3v) is 5.67. The summed E-state index contributed by atoms with van der Waals surface area (Å²) in [4.78, 5) is 12.6. The van der Waals surface area contributed by atoms with Gasteiger partial charge in [-0.15, -0.1) is 0 Å². The highest BCUT2D eigenvalue weighted by Gasteiger charge is 2.28. The minimum Gasteiger partial charge on any atom is -0.618 e. The first kappa shape index (κ1) is 17.1. The summed E-state index contributed by atoms with van der Waals surface area (Å²) in [5.41, 5.74) is 0. The van der Waals surface area contributed by atoms with Crippen LogP contribution in [0, 0.1) is 11.1 Å². The van der Waals surface area contributed by atoms with E-state index in [2.05, 4.69) is 5.32 Å². The van der Waals surface area contributed by atoms with E-state index < -0.39 is 0 Å². The third-order valence-electron chi connectivity index (χ3n) is 4.10. The summed E-state index contributed by atoms with van der Waals surface area (Å²) in [7, 11) is 0. The molecule has 1 aliphatic carbocycles. The molecule has 1 N–H and O–H groups in total. The molecule has 1 aromatic rings. The van der Waals surface area contributed by atoms with Crippen molar-refractivity contribution in [3.8, 4) is 0 Å². The molecule has 5 heteroatoms. The number of nitrogens with zero attached hydrogens (tertiary/aromatic N) is 1. The van der Waals surface area contributed by atoms with Gasteiger partial charge in [-0.2, -0.15) is 4.73 Å². The lowest BCUT2D eigenvalue weighted by molar-refractivity contribution is -0.645. The van der Waals surface area contributed by atoms with Crippen LogP contribution in [0.1, 0.15) is 52.4 Å². The molecule has 1 aromatic heterocycles. The van der Waals surface area contributed by atoms with Crippen molar-refractivity contribution < 1.29 is 9.52 Å². The number of thioether (sulfide) groups is 1. The van der Waals surface area contributed by atoms with Crippen LogP contribution in [-0.2, 0) is 4.79 Å². The van der Waals surface area contributed by atoms with Crippen LogP contribution >= 0.6 is 11.8 Å². The minimum atomic E-state index is -0.231. The van der Waals surface area contributed by atoms with Gasteiger partial charge in [-0.05, 0) is 36.6 Å². The van der Waals surface area contributed by atoms with Gasteiger partial charge in [0.15, 0.2) is 6.20 Å². The molecule has 0 bridgehead atoms. The van der Waals surface area contributed by atoms with Crippen molar-refractivity contribution in [2.75, 3.05) is 0 Å². The molecule has 0 spiro atoms. The summed E-state index contributed by atoms with van der Waals surface area (Å²) >= 11 is 1.36. The largest absolute Gasteiger partial charge is 0.618 e. The number of hydrogen-bond donors (Lipinski definition) is 1. The summed E-state index contributed by atoms with van der Waals surface area (Å²) < 4.78 is 0.832. The zero-order chi connectivity index (χ0) is 15.9.